The number of hydrogen-bond donors (Lipinski definition) is 2. The van der Waals surface area contributed by atoms with Crippen LogP contribution < -0.4 is 11.1 Å². The third-order valence-electron chi connectivity index (χ3n) is 2.96. The van der Waals surface area contributed by atoms with E-state index in [1.165, 1.54) is 12.1 Å². The molecule has 0 saturated carbocycles. The lowest BCUT2D eigenvalue weighted by Gasteiger charge is -2.19. The molecule has 0 aliphatic heterocycles. The zero-order valence-electron chi connectivity index (χ0n) is 10.5. The van der Waals surface area contributed by atoms with Crippen LogP contribution in [-0.2, 0) is 0 Å². The first-order chi connectivity index (χ1) is 8.45. The van der Waals surface area contributed by atoms with E-state index < -0.39 is 4.92 Å². The Morgan fingerprint density at radius 2 is 2.17 bits per heavy atom. The summed E-state index contributed by atoms with van der Waals surface area (Å²) in [5.41, 5.74) is 6.27. The first kappa shape index (κ1) is 14.7. The third-order valence-corrected chi connectivity index (χ3v) is 3.28. The zero-order chi connectivity index (χ0) is 13.7. The molecule has 100 valence electrons. The van der Waals surface area contributed by atoms with E-state index in [2.05, 4.69) is 19.2 Å². The van der Waals surface area contributed by atoms with Crippen LogP contribution in [0.2, 0.25) is 5.02 Å². The van der Waals surface area contributed by atoms with Gasteiger partial charge < -0.3 is 11.1 Å². The first-order valence-electron chi connectivity index (χ1n) is 5.83. The van der Waals surface area contributed by atoms with E-state index in [-0.39, 0.29) is 10.7 Å². The van der Waals surface area contributed by atoms with Crippen LogP contribution >= 0.6 is 11.6 Å². The van der Waals surface area contributed by atoms with Crippen molar-refractivity contribution in [3.8, 4) is 0 Å². The summed E-state index contributed by atoms with van der Waals surface area (Å²) in [5, 5.41) is 14.0. The Bertz CT molecular complexity index is 424. The number of anilines is 1. The summed E-state index contributed by atoms with van der Waals surface area (Å²) in [6, 6.07) is 4.69. The van der Waals surface area contributed by atoms with Crippen LogP contribution in [0.15, 0.2) is 18.2 Å². The molecule has 0 aliphatic rings. The summed E-state index contributed by atoms with van der Waals surface area (Å²) in [5.74, 6) is 0.796. The van der Waals surface area contributed by atoms with Gasteiger partial charge in [0.2, 0.25) is 0 Å². The van der Waals surface area contributed by atoms with Crippen molar-refractivity contribution in [3.05, 3.63) is 33.3 Å². The van der Waals surface area contributed by atoms with E-state index in [1.54, 1.807) is 6.07 Å². The number of halogens is 1. The smallest absolute Gasteiger partial charge is 0.289 e. The van der Waals surface area contributed by atoms with Crippen LogP contribution in [0.5, 0.6) is 0 Å². The number of nitro groups is 1. The number of nitrogens with zero attached hydrogens (tertiary/aromatic N) is 1. The molecule has 1 atom stereocenters. The molecule has 5 nitrogen and oxygen atoms in total. The second kappa shape index (κ2) is 6.56. The molecule has 18 heavy (non-hydrogen) atoms. The Labute approximate surface area is 111 Å². The Hall–Kier alpha value is -1.33. The maximum atomic E-state index is 10.7. The van der Waals surface area contributed by atoms with Crippen LogP contribution in [0.3, 0.4) is 0 Å². The van der Waals surface area contributed by atoms with Crippen LogP contribution in [0.1, 0.15) is 13.8 Å². The summed E-state index contributed by atoms with van der Waals surface area (Å²) in [6.45, 7) is 5.47. The molecule has 3 N–H and O–H groups in total. The average Bonchev–Trinajstić information content (AvgIpc) is 2.31. The number of hydrogen-bond acceptors (Lipinski definition) is 4. The highest BCUT2D eigenvalue weighted by molar-refractivity contribution is 6.32. The lowest BCUT2D eigenvalue weighted by Crippen LogP contribution is -2.27. The van der Waals surface area contributed by atoms with Gasteiger partial charge in [0, 0.05) is 18.3 Å². The molecule has 1 unspecified atom stereocenters. The lowest BCUT2D eigenvalue weighted by atomic mass is 9.96. The van der Waals surface area contributed by atoms with E-state index in [0.29, 0.717) is 30.6 Å². The fraction of sp³-hybridized carbons (Fsp3) is 0.500. The Morgan fingerprint density at radius 1 is 1.50 bits per heavy atom. The molecule has 0 radical (unpaired) electrons. The Kier molecular flexibility index (Phi) is 5.37. The SMILES string of the molecule is CC(C)C(CN)CNc1ccc(Cl)c([N+](=O)[O-])c1. The van der Waals surface area contributed by atoms with E-state index in [0.717, 1.165) is 0 Å². The number of benzene rings is 1. The van der Waals surface area contributed by atoms with Crippen molar-refractivity contribution in [2.45, 2.75) is 13.8 Å². The van der Waals surface area contributed by atoms with Crippen LogP contribution in [0.4, 0.5) is 11.4 Å². The highest BCUT2D eigenvalue weighted by Crippen LogP contribution is 2.27. The lowest BCUT2D eigenvalue weighted by molar-refractivity contribution is -0.384. The van der Waals surface area contributed by atoms with Crippen molar-refractivity contribution in [2.24, 2.45) is 17.6 Å². The minimum Gasteiger partial charge on any atom is -0.385 e. The normalized spacial score (nSPS) is 12.5. The third kappa shape index (κ3) is 3.85. The highest BCUT2D eigenvalue weighted by Gasteiger charge is 2.14. The largest absolute Gasteiger partial charge is 0.385 e. The summed E-state index contributed by atoms with van der Waals surface area (Å²) >= 11 is 5.74. The molecule has 1 rings (SSSR count). The number of nitrogens with two attached hydrogens (primary N) is 1. The van der Waals surface area contributed by atoms with Crippen molar-refractivity contribution in [2.75, 3.05) is 18.4 Å². The number of nitro benzene ring substituents is 1. The van der Waals surface area contributed by atoms with Crippen molar-refractivity contribution in [1.29, 1.82) is 0 Å². The van der Waals surface area contributed by atoms with Gasteiger partial charge in [-0.2, -0.15) is 0 Å². The summed E-state index contributed by atoms with van der Waals surface area (Å²) in [7, 11) is 0. The molecule has 0 aromatic heterocycles. The maximum Gasteiger partial charge on any atom is 0.289 e. The van der Waals surface area contributed by atoms with Gasteiger partial charge >= 0.3 is 0 Å². The molecule has 1 aromatic carbocycles. The standard InChI is InChI=1S/C12H18ClN3O2/c1-8(2)9(6-14)7-15-10-3-4-11(13)12(5-10)16(17)18/h3-5,8-9,15H,6-7,14H2,1-2H3. The summed E-state index contributed by atoms with van der Waals surface area (Å²) in [6.07, 6.45) is 0. The second-order valence-corrected chi connectivity index (χ2v) is 4.95. The Morgan fingerprint density at radius 3 is 2.67 bits per heavy atom. The van der Waals surface area contributed by atoms with Crippen molar-refractivity contribution >= 4 is 23.0 Å². The minimum atomic E-state index is -0.490. The molecular formula is C12H18ClN3O2. The van der Waals surface area contributed by atoms with Gasteiger partial charge in [-0.15, -0.1) is 0 Å². The molecule has 0 fully saturated rings. The second-order valence-electron chi connectivity index (χ2n) is 4.54. The van der Waals surface area contributed by atoms with Gasteiger partial charge in [-0.3, -0.25) is 10.1 Å². The van der Waals surface area contributed by atoms with E-state index in [9.17, 15) is 10.1 Å². The van der Waals surface area contributed by atoms with Crippen molar-refractivity contribution in [3.63, 3.8) is 0 Å². The first-order valence-corrected chi connectivity index (χ1v) is 6.21. The van der Waals surface area contributed by atoms with Gasteiger partial charge in [0.15, 0.2) is 0 Å². The molecule has 0 aliphatic carbocycles. The van der Waals surface area contributed by atoms with Crippen LogP contribution in [0, 0.1) is 22.0 Å². The van der Waals surface area contributed by atoms with E-state index >= 15 is 0 Å². The van der Waals surface area contributed by atoms with E-state index in [1.807, 2.05) is 0 Å². The number of nitrogens with one attached hydrogen (secondary N) is 1. The predicted octanol–water partition coefficient (Wildman–Crippen LogP) is 2.89. The average molecular weight is 272 g/mol. The molecule has 0 saturated heterocycles. The summed E-state index contributed by atoms with van der Waals surface area (Å²) < 4.78 is 0. The van der Waals surface area contributed by atoms with Gasteiger partial charge in [-0.1, -0.05) is 25.4 Å². The predicted molar refractivity (Wildman–Crippen MR) is 74.0 cm³/mol. The molecular weight excluding hydrogens is 254 g/mol. The topological polar surface area (TPSA) is 81.2 Å². The fourth-order valence-corrected chi connectivity index (χ4v) is 1.79. The highest BCUT2D eigenvalue weighted by atomic mass is 35.5. The quantitative estimate of drug-likeness (QED) is 0.616. The summed E-state index contributed by atoms with van der Waals surface area (Å²) in [4.78, 5) is 10.3. The fourth-order valence-electron chi connectivity index (χ4n) is 1.60. The molecule has 0 amide bonds. The maximum absolute atomic E-state index is 10.7. The van der Waals surface area contributed by atoms with Crippen LogP contribution in [-0.4, -0.2) is 18.0 Å². The van der Waals surface area contributed by atoms with Gasteiger partial charge in [0.05, 0.1) is 4.92 Å². The molecule has 1 aromatic rings. The van der Waals surface area contributed by atoms with Crippen molar-refractivity contribution < 1.29 is 4.92 Å². The Balaban J connectivity index is 2.74. The van der Waals surface area contributed by atoms with Crippen LogP contribution in [0.25, 0.3) is 0 Å². The molecule has 0 heterocycles. The van der Waals surface area contributed by atoms with Crippen molar-refractivity contribution in [1.82, 2.24) is 0 Å². The number of rotatable bonds is 6. The van der Waals surface area contributed by atoms with Gasteiger partial charge in [-0.25, -0.2) is 0 Å². The molecule has 0 bridgehead atoms. The molecule has 0 spiro atoms. The monoisotopic (exact) mass is 271 g/mol. The van der Waals surface area contributed by atoms with Gasteiger partial charge in [0.25, 0.3) is 5.69 Å². The zero-order valence-corrected chi connectivity index (χ0v) is 11.3. The van der Waals surface area contributed by atoms with E-state index in [4.69, 9.17) is 17.3 Å². The van der Waals surface area contributed by atoms with Gasteiger partial charge in [-0.05, 0) is 30.5 Å². The van der Waals surface area contributed by atoms with Gasteiger partial charge in [0.1, 0.15) is 5.02 Å². The minimum absolute atomic E-state index is 0.0875. The molecule has 6 heteroatoms.